The Kier molecular flexibility index (Phi) is 9.23. The van der Waals surface area contributed by atoms with Crippen LogP contribution in [-0.4, -0.2) is 15.9 Å². The molecule has 4 nitrogen and oxygen atoms in total. The second-order valence-corrected chi connectivity index (χ2v) is 8.22. The molecule has 27 heavy (non-hydrogen) atoms. The van der Waals surface area contributed by atoms with Crippen molar-refractivity contribution in [2.45, 2.75) is 63.9 Å². The number of hydrogen-bond acceptors (Lipinski definition) is 2. The molecule has 0 fully saturated rings. The molecule has 1 atom stereocenters. The van der Waals surface area contributed by atoms with Crippen molar-refractivity contribution in [2.24, 2.45) is 0 Å². The minimum absolute atomic E-state index is 0.0413. The van der Waals surface area contributed by atoms with E-state index in [9.17, 15) is 14.4 Å². The maximum Gasteiger partial charge on any atom is 0.469 e. The first kappa shape index (κ1) is 21.8. The molecule has 0 saturated heterocycles. The summed E-state index contributed by atoms with van der Waals surface area (Å²) in [5.41, 5.74) is 2.27. The molecule has 0 aliphatic rings. The van der Waals surface area contributed by atoms with E-state index in [0.717, 1.165) is 30.4 Å². The Labute approximate surface area is 162 Å². The van der Waals surface area contributed by atoms with Gasteiger partial charge in [0, 0.05) is 5.92 Å². The lowest BCUT2D eigenvalue weighted by molar-refractivity contribution is 0.114. The lowest BCUT2D eigenvalue weighted by atomic mass is 9.85. The number of phosphoric acid groups is 1. The second kappa shape index (κ2) is 11.4. The number of benzene rings is 2. The Hall–Kier alpha value is -1.45. The third kappa shape index (κ3) is 8.40. The monoisotopic (exact) mass is 390 g/mol. The maximum atomic E-state index is 11.5. The summed E-state index contributed by atoms with van der Waals surface area (Å²) in [5.74, 6) is 0.0413. The smallest absolute Gasteiger partial charge is 0.303 e. The number of phosphoric ester groups is 1. The maximum absolute atomic E-state index is 11.5. The fraction of sp³-hybridized carbons (Fsp3) is 0.455. The zero-order valence-electron chi connectivity index (χ0n) is 16.0. The molecule has 5 heteroatoms. The van der Waals surface area contributed by atoms with Gasteiger partial charge in [0.1, 0.15) is 0 Å². The summed E-state index contributed by atoms with van der Waals surface area (Å²) in [7, 11) is -4.52. The number of rotatable bonds is 12. The Bertz CT molecular complexity index is 644. The van der Waals surface area contributed by atoms with E-state index in [1.165, 1.54) is 12.8 Å². The highest BCUT2D eigenvalue weighted by Gasteiger charge is 2.26. The molecule has 0 heterocycles. The van der Waals surface area contributed by atoms with Gasteiger partial charge in [-0.05, 0) is 24.0 Å². The molecule has 0 aromatic heterocycles. The summed E-state index contributed by atoms with van der Waals surface area (Å²) in [6.07, 6.45) is 6.24. The van der Waals surface area contributed by atoms with Crippen molar-refractivity contribution in [2.75, 3.05) is 0 Å². The van der Waals surface area contributed by atoms with E-state index >= 15 is 0 Å². The summed E-state index contributed by atoms with van der Waals surface area (Å²) >= 11 is 0. The molecular formula is C22H31O4P. The molecular weight excluding hydrogens is 359 g/mol. The summed E-state index contributed by atoms with van der Waals surface area (Å²) in [4.78, 5) is 18.7. The third-order valence-electron chi connectivity index (χ3n) is 4.82. The van der Waals surface area contributed by atoms with Gasteiger partial charge in [-0.1, -0.05) is 99.7 Å². The van der Waals surface area contributed by atoms with Crippen molar-refractivity contribution >= 4 is 7.82 Å². The molecule has 2 aromatic carbocycles. The van der Waals surface area contributed by atoms with Gasteiger partial charge in [-0.15, -0.1) is 0 Å². The second-order valence-electron chi connectivity index (χ2n) is 7.03. The Morgan fingerprint density at radius 1 is 0.852 bits per heavy atom. The van der Waals surface area contributed by atoms with Crippen molar-refractivity contribution in [1.29, 1.82) is 0 Å². The van der Waals surface area contributed by atoms with Crippen LogP contribution < -0.4 is 0 Å². The van der Waals surface area contributed by atoms with Gasteiger partial charge in [-0.25, -0.2) is 4.57 Å². The fourth-order valence-corrected chi connectivity index (χ4v) is 4.06. The van der Waals surface area contributed by atoms with Crippen LogP contribution in [0.15, 0.2) is 60.7 Å². The van der Waals surface area contributed by atoms with E-state index in [2.05, 4.69) is 31.2 Å². The summed E-state index contributed by atoms with van der Waals surface area (Å²) in [5, 5.41) is 0. The van der Waals surface area contributed by atoms with Gasteiger partial charge in [-0.2, -0.15) is 0 Å². The van der Waals surface area contributed by atoms with Crippen LogP contribution in [0.4, 0.5) is 0 Å². The zero-order valence-corrected chi connectivity index (χ0v) is 16.9. The lowest BCUT2D eigenvalue weighted by Gasteiger charge is -2.25. The molecule has 0 amide bonds. The summed E-state index contributed by atoms with van der Waals surface area (Å²) in [6.45, 7) is 2.17. The average Bonchev–Trinajstić information content (AvgIpc) is 2.66. The molecule has 2 rings (SSSR count). The predicted octanol–water partition coefficient (Wildman–Crippen LogP) is 6.05. The van der Waals surface area contributed by atoms with Crippen LogP contribution in [0.3, 0.4) is 0 Å². The largest absolute Gasteiger partial charge is 0.469 e. The van der Waals surface area contributed by atoms with Crippen LogP contribution in [0.5, 0.6) is 0 Å². The van der Waals surface area contributed by atoms with E-state index in [1.807, 2.05) is 36.4 Å². The van der Waals surface area contributed by atoms with Crippen LogP contribution in [-0.2, 0) is 9.09 Å². The predicted molar refractivity (Wildman–Crippen MR) is 110 cm³/mol. The Morgan fingerprint density at radius 3 is 1.85 bits per heavy atom. The fourth-order valence-electron chi connectivity index (χ4n) is 3.48. The topological polar surface area (TPSA) is 66.8 Å². The molecule has 2 aromatic rings. The van der Waals surface area contributed by atoms with Gasteiger partial charge in [-0.3, -0.25) is 4.52 Å². The first-order chi connectivity index (χ1) is 13.0. The molecule has 1 unspecified atom stereocenters. The van der Waals surface area contributed by atoms with E-state index in [-0.39, 0.29) is 5.92 Å². The third-order valence-corrected chi connectivity index (χ3v) is 5.39. The van der Waals surface area contributed by atoms with E-state index in [1.54, 1.807) is 0 Å². The summed E-state index contributed by atoms with van der Waals surface area (Å²) < 4.78 is 16.7. The van der Waals surface area contributed by atoms with Crippen molar-refractivity contribution in [3.05, 3.63) is 71.8 Å². The van der Waals surface area contributed by atoms with Crippen molar-refractivity contribution in [3.8, 4) is 0 Å². The molecule has 0 aliphatic carbocycles. The minimum atomic E-state index is -4.52. The van der Waals surface area contributed by atoms with Crippen LogP contribution in [0.25, 0.3) is 0 Å². The van der Waals surface area contributed by atoms with Crippen LogP contribution in [0.1, 0.15) is 68.9 Å². The SMILES string of the molecule is CCCCCCCC(CC(c1ccccc1)c1ccccc1)OP(=O)(O)O. The quantitative estimate of drug-likeness (QED) is 0.342. The number of hydrogen-bond donors (Lipinski definition) is 2. The highest BCUT2D eigenvalue weighted by molar-refractivity contribution is 7.46. The first-order valence-corrected chi connectivity index (χ1v) is 11.4. The molecule has 0 saturated carbocycles. The standard InChI is InChI=1S/C22H31O4P/c1-2-3-4-5-12-17-21(26-27(23,24)25)18-22(19-13-8-6-9-14-19)20-15-10-7-11-16-20/h6-11,13-16,21-22H,2-5,12,17-18H2,1H3,(H2,23,24,25). The van der Waals surface area contributed by atoms with Crippen molar-refractivity contribution in [1.82, 2.24) is 0 Å². The highest BCUT2D eigenvalue weighted by Crippen LogP contribution is 2.42. The van der Waals surface area contributed by atoms with Gasteiger partial charge < -0.3 is 9.79 Å². The lowest BCUT2D eigenvalue weighted by Crippen LogP contribution is -2.17. The van der Waals surface area contributed by atoms with Gasteiger partial charge in [0.25, 0.3) is 0 Å². The van der Waals surface area contributed by atoms with Crippen molar-refractivity contribution in [3.63, 3.8) is 0 Å². The van der Waals surface area contributed by atoms with Gasteiger partial charge >= 0.3 is 7.82 Å². The van der Waals surface area contributed by atoms with Crippen molar-refractivity contribution < 1.29 is 18.9 Å². The van der Waals surface area contributed by atoms with Gasteiger partial charge in [0.05, 0.1) is 6.10 Å². The Balaban J connectivity index is 2.14. The van der Waals surface area contributed by atoms with Gasteiger partial charge in [0.15, 0.2) is 0 Å². The molecule has 0 aliphatic heterocycles. The van der Waals surface area contributed by atoms with E-state index < -0.39 is 13.9 Å². The van der Waals surface area contributed by atoms with Crippen LogP contribution in [0.2, 0.25) is 0 Å². The zero-order chi connectivity index (χ0) is 19.5. The minimum Gasteiger partial charge on any atom is -0.303 e. The van der Waals surface area contributed by atoms with E-state index in [0.29, 0.717) is 12.8 Å². The van der Waals surface area contributed by atoms with Gasteiger partial charge in [0.2, 0.25) is 0 Å². The molecule has 0 bridgehead atoms. The highest BCUT2D eigenvalue weighted by atomic mass is 31.2. The molecule has 148 valence electrons. The summed E-state index contributed by atoms with van der Waals surface area (Å²) in [6, 6.07) is 20.2. The first-order valence-electron chi connectivity index (χ1n) is 9.83. The molecule has 0 spiro atoms. The molecule has 2 N–H and O–H groups in total. The normalized spacial score (nSPS) is 13.0. The van der Waals surface area contributed by atoms with Crippen LogP contribution in [0, 0.1) is 0 Å². The molecule has 0 radical (unpaired) electrons. The average molecular weight is 390 g/mol. The Morgan fingerprint density at radius 2 is 1.37 bits per heavy atom. The van der Waals surface area contributed by atoms with Crippen LogP contribution >= 0.6 is 7.82 Å². The van der Waals surface area contributed by atoms with E-state index in [4.69, 9.17) is 4.52 Å². The number of unbranched alkanes of at least 4 members (excludes halogenated alkanes) is 4.